The van der Waals surface area contributed by atoms with E-state index in [0.717, 1.165) is 9.35 Å². The Morgan fingerprint density at radius 1 is 1.37 bits per heavy atom. The highest BCUT2D eigenvalue weighted by Gasteiger charge is 2.21. The molecule has 1 N–H and O–H groups in total. The van der Waals surface area contributed by atoms with Gasteiger partial charge in [-0.1, -0.05) is 6.07 Å². The van der Waals surface area contributed by atoms with Crippen LogP contribution < -0.4 is 0 Å². The van der Waals surface area contributed by atoms with Gasteiger partial charge in [-0.2, -0.15) is 4.31 Å². The number of phenols is 1. The van der Waals surface area contributed by atoms with Gasteiger partial charge in [-0.25, -0.2) is 8.42 Å². The van der Waals surface area contributed by atoms with E-state index in [1.54, 1.807) is 0 Å². The van der Waals surface area contributed by atoms with Crippen molar-refractivity contribution >= 4 is 37.3 Å². The molecule has 7 heteroatoms. The van der Waals surface area contributed by atoms with Crippen LogP contribution in [0.1, 0.15) is 5.56 Å². The fourth-order valence-corrected chi connectivity index (χ4v) is 3.99. The molecular weight excluding hydrogens is 350 g/mol. The van der Waals surface area contributed by atoms with Gasteiger partial charge in [0.15, 0.2) is 0 Å². The third kappa shape index (κ3) is 3.36. The summed E-state index contributed by atoms with van der Waals surface area (Å²) >= 11 is 4.85. The number of hydrogen-bond acceptors (Lipinski definition) is 4. The van der Waals surface area contributed by atoms with Crippen LogP contribution in [0.5, 0.6) is 5.75 Å². The lowest BCUT2D eigenvalue weighted by atomic mass is 10.3. The molecule has 0 spiro atoms. The summed E-state index contributed by atoms with van der Waals surface area (Å²) in [5.74, 6) is -0.0623. The molecular formula is C12H12BrNO3S2. The highest BCUT2D eigenvalue weighted by Crippen LogP contribution is 2.24. The fraction of sp³-hybridized carbons (Fsp3) is 0.167. The van der Waals surface area contributed by atoms with Crippen molar-refractivity contribution in [1.82, 2.24) is 4.31 Å². The van der Waals surface area contributed by atoms with Crippen molar-refractivity contribution in [3.8, 4) is 5.75 Å². The molecule has 102 valence electrons. The van der Waals surface area contributed by atoms with Gasteiger partial charge in [0, 0.05) is 13.6 Å². The van der Waals surface area contributed by atoms with E-state index in [1.807, 2.05) is 11.4 Å². The first kappa shape index (κ1) is 14.5. The van der Waals surface area contributed by atoms with Crippen LogP contribution in [0.2, 0.25) is 0 Å². The Morgan fingerprint density at radius 2 is 2.11 bits per heavy atom. The summed E-state index contributed by atoms with van der Waals surface area (Å²) < 4.78 is 26.8. The van der Waals surface area contributed by atoms with Crippen LogP contribution >= 0.6 is 27.3 Å². The van der Waals surface area contributed by atoms with Gasteiger partial charge in [0.1, 0.15) is 5.75 Å². The summed E-state index contributed by atoms with van der Waals surface area (Å²) in [7, 11) is -2.07. The molecule has 0 bridgehead atoms. The molecule has 1 heterocycles. The van der Waals surface area contributed by atoms with Crippen molar-refractivity contribution in [1.29, 1.82) is 0 Å². The van der Waals surface area contributed by atoms with Gasteiger partial charge in [0.05, 0.1) is 8.68 Å². The second-order valence-corrected chi connectivity index (χ2v) is 8.35. The maximum Gasteiger partial charge on any atom is 0.243 e. The molecule has 0 atom stereocenters. The Bertz CT molecular complexity index is 682. The smallest absolute Gasteiger partial charge is 0.243 e. The third-order valence-electron chi connectivity index (χ3n) is 2.55. The topological polar surface area (TPSA) is 57.6 Å². The van der Waals surface area contributed by atoms with Crippen LogP contribution in [0, 0.1) is 0 Å². The monoisotopic (exact) mass is 361 g/mol. The van der Waals surface area contributed by atoms with Crippen molar-refractivity contribution < 1.29 is 13.5 Å². The van der Waals surface area contributed by atoms with E-state index in [0.29, 0.717) is 6.54 Å². The van der Waals surface area contributed by atoms with E-state index in [4.69, 9.17) is 0 Å². The molecule has 4 nitrogen and oxygen atoms in total. The van der Waals surface area contributed by atoms with E-state index >= 15 is 0 Å². The standard InChI is InChI=1S/C12H12BrNO3S2/c1-14(7-9-5-12(13)18-8-9)19(16,17)11-4-2-3-10(15)6-11/h2-6,8,15H,7H2,1H3. The van der Waals surface area contributed by atoms with Crippen LogP contribution in [0.4, 0.5) is 0 Å². The number of hydrogen-bond donors (Lipinski definition) is 1. The average Bonchev–Trinajstić information content (AvgIpc) is 2.74. The summed E-state index contributed by atoms with van der Waals surface area (Å²) in [6.07, 6.45) is 0. The molecule has 19 heavy (non-hydrogen) atoms. The predicted octanol–water partition coefficient (Wildman–Crippen LogP) is 3.04. The molecule has 0 fully saturated rings. The zero-order valence-corrected chi connectivity index (χ0v) is 13.3. The molecule has 1 aromatic heterocycles. The molecule has 1 aromatic carbocycles. The number of nitrogens with zero attached hydrogens (tertiary/aromatic N) is 1. The van der Waals surface area contributed by atoms with Crippen molar-refractivity contribution in [2.75, 3.05) is 7.05 Å². The van der Waals surface area contributed by atoms with Crippen molar-refractivity contribution in [3.63, 3.8) is 0 Å². The lowest BCUT2D eigenvalue weighted by molar-refractivity contribution is 0.460. The van der Waals surface area contributed by atoms with Crippen molar-refractivity contribution in [2.45, 2.75) is 11.4 Å². The minimum absolute atomic E-state index is 0.0623. The zero-order chi connectivity index (χ0) is 14.0. The van der Waals surface area contributed by atoms with Crippen molar-refractivity contribution in [2.24, 2.45) is 0 Å². The first-order chi connectivity index (χ1) is 8.89. The largest absolute Gasteiger partial charge is 0.508 e. The Balaban J connectivity index is 2.24. The fourth-order valence-electron chi connectivity index (χ4n) is 1.59. The van der Waals surface area contributed by atoms with Gasteiger partial charge in [-0.15, -0.1) is 11.3 Å². The number of thiophene rings is 1. The van der Waals surface area contributed by atoms with Gasteiger partial charge in [-0.05, 0) is 51.1 Å². The summed E-state index contributed by atoms with van der Waals surface area (Å²) in [5, 5.41) is 11.3. The predicted molar refractivity (Wildman–Crippen MR) is 78.8 cm³/mol. The molecule has 0 saturated carbocycles. The van der Waals surface area contributed by atoms with Crippen LogP contribution in [0.15, 0.2) is 44.4 Å². The Kier molecular flexibility index (Phi) is 4.29. The first-order valence-corrected chi connectivity index (χ1v) is 8.49. The Morgan fingerprint density at radius 3 is 2.68 bits per heavy atom. The maximum absolute atomic E-state index is 12.3. The summed E-state index contributed by atoms with van der Waals surface area (Å²) in [5.41, 5.74) is 0.920. The van der Waals surface area contributed by atoms with Gasteiger partial charge in [0.2, 0.25) is 10.0 Å². The van der Waals surface area contributed by atoms with Gasteiger partial charge < -0.3 is 5.11 Å². The highest BCUT2D eigenvalue weighted by atomic mass is 79.9. The molecule has 0 radical (unpaired) electrons. The molecule has 2 aromatic rings. The molecule has 0 aliphatic heterocycles. The second-order valence-electron chi connectivity index (χ2n) is 4.02. The molecule has 0 aliphatic carbocycles. The molecule has 0 aliphatic rings. The van der Waals surface area contributed by atoms with E-state index in [-0.39, 0.29) is 10.6 Å². The minimum Gasteiger partial charge on any atom is -0.508 e. The molecule has 0 unspecified atom stereocenters. The lowest BCUT2D eigenvalue weighted by Gasteiger charge is -2.16. The van der Waals surface area contributed by atoms with Crippen LogP contribution in [0.3, 0.4) is 0 Å². The average molecular weight is 362 g/mol. The van der Waals surface area contributed by atoms with Crippen molar-refractivity contribution in [3.05, 3.63) is 45.1 Å². The minimum atomic E-state index is -3.59. The van der Waals surface area contributed by atoms with Crippen LogP contribution in [0.25, 0.3) is 0 Å². The number of sulfonamides is 1. The van der Waals surface area contributed by atoms with E-state index < -0.39 is 10.0 Å². The van der Waals surface area contributed by atoms with E-state index in [9.17, 15) is 13.5 Å². The number of benzene rings is 1. The number of phenolic OH excluding ortho intramolecular Hbond substituents is 1. The molecule has 2 rings (SSSR count). The number of halogens is 1. The first-order valence-electron chi connectivity index (χ1n) is 5.38. The SMILES string of the molecule is CN(Cc1csc(Br)c1)S(=O)(=O)c1cccc(O)c1. The zero-order valence-electron chi connectivity index (χ0n) is 10.1. The van der Waals surface area contributed by atoms with Gasteiger partial charge in [-0.3, -0.25) is 0 Å². The van der Waals surface area contributed by atoms with Crippen LogP contribution in [-0.4, -0.2) is 24.9 Å². The number of aromatic hydroxyl groups is 1. The van der Waals surface area contributed by atoms with E-state index in [2.05, 4.69) is 15.9 Å². The summed E-state index contributed by atoms with van der Waals surface area (Å²) in [6.45, 7) is 0.292. The highest BCUT2D eigenvalue weighted by molar-refractivity contribution is 9.11. The second kappa shape index (κ2) is 5.62. The third-order valence-corrected chi connectivity index (χ3v) is 5.91. The lowest BCUT2D eigenvalue weighted by Crippen LogP contribution is -2.26. The van der Waals surface area contributed by atoms with Gasteiger partial charge in [0.25, 0.3) is 0 Å². The van der Waals surface area contributed by atoms with E-state index in [1.165, 1.54) is 47.0 Å². The molecule has 0 amide bonds. The molecule has 0 saturated heterocycles. The summed E-state index contributed by atoms with van der Waals surface area (Å²) in [4.78, 5) is 0.0873. The van der Waals surface area contributed by atoms with Crippen LogP contribution in [-0.2, 0) is 16.6 Å². The maximum atomic E-state index is 12.3. The Hall–Kier alpha value is -0.890. The van der Waals surface area contributed by atoms with Gasteiger partial charge >= 0.3 is 0 Å². The summed E-state index contributed by atoms with van der Waals surface area (Å²) in [6, 6.07) is 7.55. The Labute approximate surface area is 124 Å². The number of rotatable bonds is 4. The normalized spacial score (nSPS) is 11.9. The quantitative estimate of drug-likeness (QED) is 0.910.